The molecule has 6 heteroatoms. The molecule has 0 radical (unpaired) electrons. The Morgan fingerprint density at radius 3 is 2.63 bits per heavy atom. The van der Waals surface area contributed by atoms with Gasteiger partial charge in [-0.25, -0.2) is 4.79 Å². The van der Waals surface area contributed by atoms with Crippen LogP contribution in [-0.4, -0.2) is 29.3 Å². The van der Waals surface area contributed by atoms with Crippen LogP contribution in [0.5, 0.6) is 0 Å². The summed E-state index contributed by atoms with van der Waals surface area (Å²) < 4.78 is 4.54. The molecular weight excluding hydrogens is 272 g/mol. The van der Waals surface area contributed by atoms with E-state index in [-0.39, 0.29) is 23.8 Å². The molecule has 0 aromatic heterocycles. The molecule has 0 saturated carbocycles. The molecule has 1 unspecified atom stereocenters. The average molecular weight is 287 g/mol. The molecule has 5 nitrogen and oxygen atoms in total. The summed E-state index contributed by atoms with van der Waals surface area (Å²) in [6.07, 6.45) is -0.887. The highest BCUT2D eigenvalue weighted by Gasteiger charge is 2.19. The van der Waals surface area contributed by atoms with Crippen molar-refractivity contribution in [1.82, 2.24) is 0 Å². The Bertz CT molecular complexity index is 472. The number of halogens is 1. The Kier molecular flexibility index (Phi) is 5.79. The molecule has 0 fully saturated rings. The number of hydrogen-bond donors (Lipinski definition) is 2. The van der Waals surface area contributed by atoms with Crippen LogP contribution in [0.1, 0.15) is 29.2 Å². The third kappa shape index (κ3) is 4.22. The monoisotopic (exact) mass is 286 g/mol. The molecule has 0 aliphatic carbocycles. The number of esters is 1. The minimum absolute atomic E-state index is 0.0890. The summed E-state index contributed by atoms with van der Waals surface area (Å²) >= 11 is 5.75. The molecule has 1 rings (SSSR count). The Morgan fingerprint density at radius 1 is 1.42 bits per heavy atom. The molecular formula is C13H15ClO5. The van der Waals surface area contributed by atoms with Gasteiger partial charge in [-0.3, -0.25) is 4.79 Å². The zero-order valence-electron chi connectivity index (χ0n) is 10.4. The maximum absolute atomic E-state index is 11.0. The van der Waals surface area contributed by atoms with Gasteiger partial charge in [0.2, 0.25) is 0 Å². The van der Waals surface area contributed by atoms with Gasteiger partial charge in [-0.1, -0.05) is 18.2 Å². The van der Waals surface area contributed by atoms with Gasteiger partial charge in [0.05, 0.1) is 7.11 Å². The van der Waals surface area contributed by atoms with E-state index in [0.717, 1.165) is 5.56 Å². The van der Waals surface area contributed by atoms with Crippen molar-refractivity contribution < 1.29 is 24.5 Å². The number of aliphatic hydroxyl groups is 1. The molecule has 0 aliphatic heterocycles. The first-order chi connectivity index (χ1) is 8.99. The largest absolute Gasteiger partial charge is 0.479 e. The van der Waals surface area contributed by atoms with Gasteiger partial charge in [0, 0.05) is 12.3 Å². The number of benzene rings is 1. The van der Waals surface area contributed by atoms with Gasteiger partial charge in [-0.2, -0.15) is 0 Å². The van der Waals surface area contributed by atoms with E-state index in [9.17, 15) is 14.7 Å². The van der Waals surface area contributed by atoms with E-state index in [1.54, 1.807) is 12.1 Å². The minimum Gasteiger partial charge on any atom is -0.479 e. The number of ether oxygens (including phenoxy) is 1. The van der Waals surface area contributed by atoms with Crippen molar-refractivity contribution in [2.75, 3.05) is 7.11 Å². The number of hydrogen-bond acceptors (Lipinski definition) is 4. The smallest absolute Gasteiger partial charge is 0.337 e. The van der Waals surface area contributed by atoms with E-state index in [2.05, 4.69) is 4.74 Å². The number of aliphatic hydroxyl groups excluding tert-OH is 1. The molecule has 0 heterocycles. The fraction of sp³-hybridized carbons (Fsp3) is 0.385. The van der Waals surface area contributed by atoms with Crippen molar-refractivity contribution in [1.29, 1.82) is 0 Å². The Balaban J connectivity index is 2.89. The summed E-state index contributed by atoms with van der Waals surface area (Å²) in [7, 11) is 1.32. The Morgan fingerprint density at radius 2 is 2.11 bits per heavy atom. The SMILES string of the molecule is COC(=O)CCc1ccc(C(O)C(=O)O)c(CCl)c1. The summed E-state index contributed by atoms with van der Waals surface area (Å²) in [6.45, 7) is 0. The number of rotatable bonds is 6. The first kappa shape index (κ1) is 15.5. The van der Waals surface area contributed by atoms with Gasteiger partial charge in [-0.05, 0) is 23.1 Å². The molecule has 19 heavy (non-hydrogen) atoms. The third-order valence-electron chi connectivity index (χ3n) is 2.73. The standard InChI is InChI=1S/C13H15ClO5/c1-19-11(15)5-3-8-2-4-10(9(6-8)7-14)12(16)13(17)18/h2,4,6,12,16H,3,5,7H2,1H3,(H,17,18). The second-order valence-corrected chi connectivity index (χ2v) is 4.25. The van der Waals surface area contributed by atoms with Gasteiger partial charge in [0.1, 0.15) is 0 Å². The number of alkyl halides is 1. The van der Waals surface area contributed by atoms with Crippen LogP contribution < -0.4 is 0 Å². The van der Waals surface area contributed by atoms with Crippen molar-refractivity contribution in [2.45, 2.75) is 24.8 Å². The third-order valence-corrected chi connectivity index (χ3v) is 3.01. The lowest BCUT2D eigenvalue weighted by Crippen LogP contribution is -2.12. The second-order valence-electron chi connectivity index (χ2n) is 3.98. The number of carbonyl (C=O) groups excluding carboxylic acids is 1. The van der Waals surface area contributed by atoms with Gasteiger partial charge in [0.15, 0.2) is 6.10 Å². The molecule has 0 bridgehead atoms. The van der Waals surface area contributed by atoms with Crippen molar-refractivity contribution in [3.8, 4) is 0 Å². The highest BCUT2D eigenvalue weighted by atomic mass is 35.5. The van der Waals surface area contributed by atoms with Gasteiger partial charge < -0.3 is 14.9 Å². The van der Waals surface area contributed by atoms with E-state index in [4.69, 9.17) is 16.7 Å². The molecule has 0 saturated heterocycles. The van der Waals surface area contributed by atoms with Crippen LogP contribution in [0, 0.1) is 0 Å². The molecule has 0 spiro atoms. The van der Waals surface area contributed by atoms with Crippen LogP contribution in [-0.2, 0) is 26.6 Å². The number of carbonyl (C=O) groups is 2. The lowest BCUT2D eigenvalue weighted by molar-refractivity contribution is -0.147. The lowest BCUT2D eigenvalue weighted by atomic mass is 9.98. The van der Waals surface area contributed by atoms with Crippen molar-refractivity contribution >= 4 is 23.5 Å². The van der Waals surface area contributed by atoms with Crippen LogP contribution in [0.4, 0.5) is 0 Å². The molecule has 1 aromatic carbocycles. The molecule has 104 valence electrons. The predicted octanol–water partition coefficient (Wildman–Crippen LogP) is 1.65. The Labute approximate surface area is 115 Å². The summed E-state index contributed by atoms with van der Waals surface area (Å²) in [5.74, 6) is -1.55. The van der Waals surface area contributed by atoms with E-state index in [1.165, 1.54) is 13.2 Å². The quantitative estimate of drug-likeness (QED) is 0.614. The fourth-order valence-corrected chi connectivity index (χ4v) is 1.91. The van der Waals surface area contributed by atoms with Crippen molar-refractivity contribution in [2.24, 2.45) is 0 Å². The fourth-order valence-electron chi connectivity index (χ4n) is 1.68. The van der Waals surface area contributed by atoms with Gasteiger partial charge in [0.25, 0.3) is 0 Å². The van der Waals surface area contributed by atoms with Crippen molar-refractivity contribution in [3.05, 3.63) is 34.9 Å². The summed E-state index contributed by atoms with van der Waals surface area (Å²) in [4.78, 5) is 21.8. The summed E-state index contributed by atoms with van der Waals surface area (Å²) in [6, 6.07) is 4.88. The van der Waals surface area contributed by atoms with Crippen LogP contribution in [0.15, 0.2) is 18.2 Å². The van der Waals surface area contributed by atoms with E-state index >= 15 is 0 Å². The van der Waals surface area contributed by atoms with E-state index < -0.39 is 12.1 Å². The zero-order chi connectivity index (χ0) is 14.4. The van der Waals surface area contributed by atoms with Crippen molar-refractivity contribution in [3.63, 3.8) is 0 Å². The maximum atomic E-state index is 11.0. The van der Waals surface area contributed by atoms with Crippen LogP contribution in [0.25, 0.3) is 0 Å². The van der Waals surface area contributed by atoms with Crippen LogP contribution >= 0.6 is 11.6 Å². The highest BCUT2D eigenvalue weighted by Crippen LogP contribution is 2.22. The maximum Gasteiger partial charge on any atom is 0.337 e. The van der Waals surface area contributed by atoms with Gasteiger partial charge >= 0.3 is 11.9 Å². The second kappa shape index (κ2) is 7.11. The molecule has 0 amide bonds. The van der Waals surface area contributed by atoms with Crippen LogP contribution in [0.2, 0.25) is 0 Å². The number of aliphatic carboxylic acids is 1. The predicted molar refractivity (Wildman–Crippen MR) is 68.9 cm³/mol. The zero-order valence-corrected chi connectivity index (χ0v) is 11.2. The molecule has 2 N–H and O–H groups in total. The first-order valence-electron chi connectivity index (χ1n) is 5.65. The number of carboxylic acid groups (broad SMARTS) is 1. The normalized spacial score (nSPS) is 11.9. The number of aryl methyl sites for hydroxylation is 1. The Hall–Kier alpha value is -1.59. The topological polar surface area (TPSA) is 83.8 Å². The number of methoxy groups -OCH3 is 1. The highest BCUT2D eigenvalue weighted by molar-refractivity contribution is 6.17. The molecule has 0 aliphatic rings. The summed E-state index contributed by atoms with van der Waals surface area (Å²) in [5.41, 5.74) is 1.64. The van der Waals surface area contributed by atoms with Gasteiger partial charge in [-0.15, -0.1) is 11.6 Å². The first-order valence-corrected chi connectivity index (χ1v) is 6.18. The molecule has 1 atom stereocenters. The lowest BCUT2D eigenvalue weighted by Gasteiger charge is -2.12. The van der Waals surface area contributed by atoms with Crippen LogP contribution in [0.3, 0.4) is 0 Å². The summed E-state index contributed by atoms with van der Waals surface area (Å²) in [5, 5.41) is 18.3. The van der Waals surface area contributed by atoms with E-state index in [1.807, 2.05) is 0 Å². The molecule has 1 aromatic rings. The van der Waals surface area contributed by atoms with E-state index in [0.29, 0.717) is 12.0 Å². The number of carboxylic acids is 1. The average Bonchev–Trinajstić information content (AvgIpc) is 2.43. The minimum atomic E-state index is -1.59.